The summed E-state index contributed by atoms with van der Waals surface area (Å²) in [5, 5.41) is 5.47. The number of benzene rings is 4. The number of carbonyl (C=O) groups is 4. The highest BCUT2D eigenvalue weighted by molar-refractivity contribution is 5.89. The lowest BCUT2D eigenvalue weighted by Gasteiger charge is -2.29. The highest BCUT2D eigenvalue weighted by atomic mass is 16.5. The van der Waals surface area contributed by atoms with Crippen LogP contribution in [0.1, 0.15) is 85.3 Å². The van der Waals surface area contributed by atoms with Gasteiger partial charge in [-0.05, 0) is 103 Å². The lowest BCUT2D eigenvalue weighted by molar-refractivity contribution is -0.136. The molecule has 3 aliphatic rings. The second kappa shape index (κ2) is 19.2. The smallest absolute Gasteiger partial charge is 0.407 e. The fraction of sp³-hybridized carbons (Fsp3) is 0.385. The number of likely N-dealkylation sites (tertiary alicyclic amines) is 2. The standard InChI is InChI=1S/C52H58N8O8/c1-28(2)44(57-51(63)66-6)49(61)59-19-11-14-41(59)47-54-39-18-16-34(23-40(39)55-47)33-15-17-36-35(22-33)27-68-43-24-37(29(3)20-38(36)43)45-30(4)53-48(56-45)42-21-31(26-65-5)25-60(42)50(62)46(58-52(64)67-7)32-12-9-8-10-13-32/h8-10,12-13,15-18,20,22-24,28,31,41-42,44,46H,11,14,19,21,25-27H2,1-7H3,(H,53,56)(H,54,55)(H,57,63)(H,58,64)/t31-,41-,42-,44-,46+/m0/s1. The molecule has 5 atom stereocenters. The van der Waals surface area contributed by atoms with E-state index in [-0.39, 0.29) is 35.7 Å². The number of hydrogen-bond acceptors (Lipinski definition) is 10. The van der Waals surface area contributed by atoms with E-state index >= 15 is 0 Å². The van der Waals surface area contributed by atoms with Crippen molar-refractivity contribution in [2.24, 2.45) is 11.8 Å². The number of aromatic amines is 2. The molecule has 68 heavy (non-hydrogen) atoms. The molecule has 16 heteroatoms. The van der Waals surface area contributed by atoms with Crippen molar-refractivity contribution in [2.75, 3.05) is 41.0 Å². The van der Waals surface area contributed by atoms with Crippen LogP contribution < -0.4 is 15.4 Å². The van der Waals surface area contributed by atoms with Crippen molar-refractivity contribution in [3.05, 3.63) is 113 Å². The number of fused-ring (bicyclic) bond motifs is 4. The van der Waals surface area contributed by atoms with E-state index < -0.39 is 24.3 Å². The molecular formula is C52H58N8O8. The van der Waals surface area contributed by atoms with Gasteiger partial charge in [0, 0.05) is 42.9 Å². The molecule has 354 valence electrons. The Morgan fingerprint density at radius 1 is 0.794 bits per heavy atom. The molecule has 3 aliphatic heterocycles. The summed E-state index contributed by atoms with van der Waals surface area (Å²) < 4.78 is 21.8. The molecule has 0 spiro atoms. The molecule has 0 saturated carbocycles. The summed E-state index contributed by atoms with van der Waals surface area (Å²) in [5.74, 6) is 1.69. The zero-order chi connectivity index (χ0) is 47.8. The van der Waals surface area contributed by atoms with E-state index in [1.807, 2.05) is 62.1 Å². The number of hydrogen-bond donors (Lipinski definition) is 4. The second-order valence-corrected chi connectivity index (χ2v) is 18.4. The molecule has 0 radical (unpaired) electrons. The van der Waals surface area contributed by atoms with Gasteiger partial charge in [-0.3, -0.25) is 9.59 Å². The average molecular weight is 923 g/mol. The van der Waals surface area contributed by atoms with E-state index in [1.165, 1.54) is 14.2 Å². The van der Waals surface area contributed by atoms with Gasteiger partial charge in [-0.15, -0.1) is 0 Å². The third-order valence-electron chi connectivity index (χ3n) is 13.6. The van der Waals surface area contributed by atoms with Gasteiger partial charge in [0.25, 0.3) is 5.91 Å². The van der Waals surface area contributed by atoms with Gasteiger partial charge in [-0.1, -0.05) is 62.4 Å². The van der Waals surface area contributed by atoms with Gasteiger partial charge in [-0.2, -0.15) is 0 Å². The number of H-pyrrole nitrogens is 2. The van der Waals surface area contributed by atoms with Crippen molar-refractivity contribution in [1.82, 2.24) is 40.4 Å². The Hall–Kier alpha value is -7.20. The van der Waals surface area contributed by atoms with Crippen LogP contribution in [0.4, 0.5) is 9.59 Å². The lowest BCUT2D eigenvalue weighted by Crippen LogP contribution is -2.51. The summed E-state index contributed by atoms with van der Waals surface area (Å²) in [6.07, 6.45) is 0.909. The molecule has 4 N–H and O–H groups in total. The van der Waals surface area contributed by atoms with Crippen molar-refractivity contribution in [1.29, 1.82) is 0 Å². The van der Waals surface area contributed by atoms with Crippen LogP contribution in [-0.4, -0.2) is 101 Å². The number of imidazole rings is 2. The molecule has 2 aromatic heterocycles. The number of carbonyl (C=O) groups excluding carboxylic acids is 4. The highest BCUT2D eigenvalue weighted by Gasteiger charge is 2.42. The molecule has 4 aromatic carbocycles. The molecule has 0 bridgehead atoms. The normalized spacial score (nSPS) is 18.4. The number of alkyl carbamates (subject to hydrolysis) is 2. The Balaban J connectivity index is 0.953. The Morgan fingerprint density at radius 2 is 1.53 bits per heavy atom. The minimum Gasteiger partial charge on any atom is -0.488 e. The first-order valence-corrected chi connectivity index (χ1v) is 23.2. The third kappa shape index (κ3) is 8.87. The van der Waals surface area contributed by atoms with E-state index in [9.17, 15) is 19.2 Å². The fourth-order valence-electron chi connectivity index (χ4n) is 10.1. The third-order valence-corrected chi connectivity index (χ3v) is 13.6. The Bertz CT molecular complexity index is 2870. The Kier molecular flexibility index (Phi) is 13.0. The second-order valence-electron chi connectivity index (χ2n) is 18.4. The number of nitrogens with zero attached hydrogens (tertiary/aromatic N) is 4. The summed E-state index contributed by atoms with van der Waals surface area (Å²) in [6.45, 7) is 9.75. The minimum absolute atomic E-state index is 0.0625. The molecule has 4 amide bonds. The van der Waals surface area contributed by atoms with Crippen LogP contribution in [0.15, 0.2) is 78.9 Å². The molecule has 16 nitrogen and oxygen atoms in total. The first-order valence-electron chi connectivity index (χ1n) is 23.2. The number of nitrogens with one attached hydrogen (secondary N) is 4. The molecular weight excluding hydrogens is 865 g/mol. The quantitative estimate of drug-likeness (QED) is 0.0926. The molecule has 5 heterocycles. The number of amides is 4. The van der Waals surface area contributed by atoms with Gasteiger partial charge >= 0.3 is 12.2 Å². The largest absolute Gasteiger partial charge is 0.488 e. The summed E-state index contributed by atoms with van der Waals surface area (Å²) >= 11 is 0. The van der Waals surface area contributed by atoms with Crippen LogP contribution in [-0.2, 0) is 30.4 Å². The predicted octanol–water partition coefficient (Wildman–Crippen LogP) is 8.47. The maximum Gasteiger partial charge on any atom is 0.407 e. The average Bonchev–Trinajstić information content (AvgIpc) is 4.17. The van der Waals surface area contributed by atoms with Crippen LogP contribution in [0, 0.1) is 25.7 Å². The molecule has 0 unspecified atom stereocenters. The molecule has 2 fully saturated rings. The van der Waals surface area contributed by atoms with E-state index in [4.69, 9.17) is 28.9 Å². The van der Waals surface area contributed by atoms with Crippen LogP contribution in [0.3, 0.4) is 0 Å². The summed E-state index contributed by atoms with van der Waals surface area (Å²) in [4.78, 5) is 73.5. The topological polar surface area (TPSA) is 193 Å². The van der Waals surface area contributed by atoms with Gasteiger partial charge in [-0.25, -0.2) is 19.6 Å². The lowest BCUT2D eigenvalue weighted by atomic mass is 9.90. The van der Waals surface area contributed by atoms with Gasteiger partial charge in [0.1, 0.15) is 36.1 Å². The zero-order valence-corrected chi connectivity index (χ0v) is 39.5. The summed E-state index contributed by atoms with van der Waals surface area (Å²) in [5.41, 5.74) is 11.1. The number of rotatable bonds is 12. The Labute approximate surface area is 395 Å². The maximum absolute atomic E-state index is 14.4. The predicted molar refractivity (Wildman–Crippen MR) is 255 cm³/mol. The van der Waals surface area contributed by atoms with E-state index in [2.05, 4.69) is 70.0 Å². The van der Waals surface area contributed by atoms with Crippen molar-refractivity contribution in [3.63, 3.8) is 0 Å². The zero-order valence-electron chi connectivity index (χ0n) is 39.5. The van der Waals surface area contributed by atoms with Crippen molar-refractivity contribution in [3.8, 4) is 39.3 Å². The van der Waals surface area contributed by atoms with Gasteiger partial charge in [0.05, 0.1) is 49.6 Å². The fourth-order valence-corrected chi connectivity index (χ4v) is 10.1. The van der Waals surface area contributed by atoms with Crippen molar-refractivity contribution >= 4 is 35.0 Å². The molecule has 6 aromatic rings. The van der Waals surface area contributed by atoms with Crippen LogP contribution in [0.5, 0.6) is 5.75 Å². The van der Waals surface area contributed by atoms with Crippen molar-refractivity contribution in [2.45, 2.75) is 77.7 Å². The molecule has 0 aliphatic carbocycles. The molecule has 2 saturated heterocycles. The van der Waals surface area contributed by atoms with Crippen molar-refractivity contribution < 1.29 is 38.1 Å². The first kappa shape index (κ1) is 45.9. The Morgan fingerprint density at radius 3 is 2.28 bits per heavy atom. The number of ether oxygens (including phenoxy) is 4. The van der Waals surface area contributed by atoms with Gasteiger partial charge in [0.2, 0.25) is 5.91 Å². The highest BCUT2D eigenvalue weighted by Crippen LogP contribution is 2.44. The maximum atomic E-state index is 14.4. The van der Waals surface area contributed by atoms with Crippen LogP contribution in [0.25, 0.3) is 44.5 Å². The van der Waals surface area contributed by atoms with E-state index in [0.29, 0.717) is 44.1 Å². The monoisotopic (exact) mass is 922 g/mol. The van der Waals surface area contributed by atoms with Crippen LogP contribution >= 0.6 is 0 Å². The summed E-state index contributed by atoms with van der Waals surface area (Å²) in [7, 11) is 4.23. The first-order chi connectivity index (χ1) is 32.8. The minimum atomic E-state index is -0.952. The van der Waals surface area contributed by atoms with Crippen LogP contribution in [0.2, 0.25) is 0 Å². The molecule has 9 rings (SSSR count). The van der Waals surface area contributed by atoms with Gasteiger partial charge in [0.15, 0.2) is 0 Å². The number of methoxy groups -OCH3 is 3. The van der Waals surface area contributed by atoms with Gasteiger partial charge < -0.3 is 49.3 Å². The number of aryl methyl sites for hydroxylation is 2. The van der Waals surface area contributed by atoms with E-state index in [1.54, 1.807) is 12.0 Å². The van der Waals surface area contributed by atoms with E-state index in [0.717, 1.165) is 85.8 Å². The SMILES string of the molecule is COC[C@H]1C[C@@H](c2nc(-c3cc4c(cc3C)-c3ccc(-c5ccc6nc([C@@H]7CCCN7C(=O)[C@@H](NC(=O)OC)C(C)C)[nH]c6c5)cc3CO4)c(C)[nH]2)N(C(=O)[C@H](NC(=O)OC)c2ccccc2)C1. The number of aromatic nitrogens is 4. The summed E-state index contributed by atoms with van der Waals surface area (Å²) in [6, 6.07) is 23.7.